The van der Waals surface area contributed by atoms with Gasteiger partial charge in [0.1, 0.15) is 0 Å². The first-order valence-corrected chi connectivity index (χ1v) is 9.82. The zero-order chi connectivity index (χ0) is 18.1. The molecule has 26 heavy (non-hydrogen) atoms. The molecule has 1 aromatic carbocycles. The van der Waals surface area contributed by atoms with Gasteiger partial charge in [0.25, 0.3) is 5.91 Å². The van der Waals surface area contributed by atoms with Crippen LogP contribution in [0.15, 0.2) is 36.4 Å². The highest BCUT2D eigenvalue weighted by Crippen LogP contribution is 2.44. The fraction of sp³-hybridized carbons (Fsp3) is 0.455. The molecule has 0 spiro atoms. The van der Waals surface area contributed by atoms with Crippen LogP contribution in [-0.2, 0) is 0 Å². The zero-order valence-corrected chi connectivity index (χ0v) is 15.7. The molecule has 0 bridgehead atoms. The average molecular weight is 349 g/mol. The second-order valence-corrected chi connectivity index (χ2v) is 7.56. The zero-order valence-electron chi connectivity index (χ0n) is 15.7. The summed E-state index contributed by atoms with van der Waals surface area (Å²) in [5.41, 5.74) is 5.30. The molecule has 1 atom stereocenters. The minimum atomic E-state index is 0.132. The number of aromatic amines is 1. The topological polar surface area (TPSA) is 49.0 Å². The van der Waals surface area contributed by atoms with Crippen LogP contribution >= 0.6 is 0 Å². The van der Waals surface area contributed by atoms with Crippen molar-refractivity contribution in [3.63, 3.8) is 0 Å². The number of amides is 1. The van der Waals surface area contributed by atoms with Gasteiger partial charge in [-0.25, -0.2) is 0 Å². The molecule has 1 unspecified atom stereocenters. The van der Waals surface area contributed by atoms with E-state index in [0.717, 1.165) is 48.3 Å². The Hall–Kier alpha value is -2.36. The van der Waals surface area contributed by atoms with E-state index in [9.17, 15) is 4.79 Å². The maximum absolute atomic E-state index is 13.1. The Balaban J connectivity index is 1.60. The monoisotopic (exact) mass is 349 g/mol. The number of aromatic nitrogens is 2. The molecule has 2 heterocycles. The summed E-state index contributed by atoms with van der Waals surface area (Å²) in [6, 6.07) is 8.31. The van der Waals surface area contributed by atoms with Gasteiger partial charge in [-0.05, 0) is 43.9 Å². The number of hydrogen-bond acceptors (Lipinski definition) is 2. The summed E-state index contributed by atoms with van der Waals surface area (Å²) < 4.78 is 0. The van der Waals surface area contributed by atoms with E-state index in [2.05, 4.69) is 42.3 Å². The van der Waals surface area contributed by atoms with Gasteiger partial charge in [0.15, 0.2) is 0 Å². The molecule has 4 heteroatoms. The van der Waals surface area contributed by atoms with Crippen molar-refractivity contribution < 1.29 is 4.79 Å². The third-order valence-electron chi connectivity index (χ3n) is 5.51. The summed E-state index contributed by atoms with van der Waals surface area (Å²) in [5.74, 6) is 0.711. The molecule has 1 aromatic heterocycles. The van der Waals surface area contributed by atoms with Gasteiger partial charge in [0.2, 0.25) is 0 Å². The van der Waals surface area contributed by atoms with Crippen LogP contribution in [0, 0.1) is 6.92 Å². The fourth-order valence-corrected chi connectivity index (χ4v) is 3.91. The number of hydrogen-bond donors (Lipinski definition) is 1. The second-order valence-electron chi connectivity index (χ2n) is 7.56. The van der Waals surface area contributed by atoms with Crippen LogP contribution in [0.4, 0.5) is 0 Å². The summed E-state index contributed by atoms with van der Waals surface area (Å²) in [4.78, 5) is 15.1. The van der Waals surface area contributed by atoms with Gasteiger partial charge < -0.3 is 4.90 Å². The van der Waals surface area contributed by atoms with Crippen molar-refractivity contribution >= 4 is 5.91 Å². The predicted molar refractivity (Wildman–Crippen MR) is 104 cm³/mol. The van der Waals surface area contributed by atoms with Crippen molar-refractivity contribution in [2.45, 2.75) is 57.9 Å². The summed E-state index contributed by atoms with van der Waals surface area (Å²) in [5, 5.41) is 7.66. The van der Waals surface area contributed by atoms with Crippen LogP contribution in [0.1, 0.15) is 66.7 Å². The fourth-order valence-electron chi connectivity index (χ4n) is 3.91. The van der Waals surface area contributed by atoms with Crippen LogP contribution < -0.4 is 0 Å². The van der Waals surface area contributed by atoms with Crippen molar-refractivity contribution in [2.24, 2.45) is 0 Å². The number of benzene rings is 1. The summed E-state index contributed by atoms with van der Waals surface area (Å²) >= 11 is 0. The lowest BCUT2D eigenvalue weighted by Gasteiger charge is -2.25. The maximum atomic E-state index is 13.1. The normalized spacial score (nSPS) is 19.3. The van der Waals surface area contributed by atoms with E-state index < -0.39 is 0 Å². The molecule has 2 aromatic rings. The molecule has 1 aliphatic carbocycles. The molecular formula is C22H27N3O. The number of nitrogens with zero attached hydrogens (tertiary/aromatic N) is 2. The number of nitrogens with one attached hydrogen (secondary N) is 1. The summed E-state index contributed by atoms with van der Waals surface area (Å²) in [6.07, 6.45) is 10.1. The highest BCUT2D eigenvalue weighted by atomic mass is 16.2. The van der Waals surface area contributed by atoms with Gasteiger partial charge in [-0.15, -0.1) is 0 Å². The first-order chi connectivity index (χ1) is 12.7. The molecule has 4 nitrogen and oxygen atoms in total. The summed E-state index contributed by atoms with van der Waals surface area (Å²) in [6.45, 7) is 4.97. The Morgan fingerprint density at radius 1 is 1.35 bits per heavy atom. The highest BCUT2D eigenvalue weighted by Gasteiger charge is 2.30. The van der Waals surface area contributed by atoms with Crippen molar-refractivity contribution in [3.05, 3.63) is 53.4 Å². The molecule has 1 N–H and O–H groups in total. The third kappa shape index (κ3) is 3.20. The molecule has 1 amide bonds. The van der Waals surface area contributed by atoms with Crippen molar-refractivity contribution in [1.82, 2.24) is 15.1 Å². The van der Waals surface area contributed by atoms with Crippen molar-refractivity contribution in [3.8, 4) is 11.1 Å². The SMILES string of the molecule is CCCCC1C=CCN1C(=O)c1cccc(-c2c(C3CC3)n[nH]c2C)c1. The number of rotatable bonds is 6. The number of unbranched alkanes of at least 4 members (excludes halogenated alkanes) is 1. The van der Waals surface area contributed by atoms with Crippen LogP contribution in [0.5, 0.6) is 0 Å². The molecule has 1 fully saturated rings. The molecule has 2 aliphatic rings. The van der Waals surface area contributed by atoms with Gasteiger partial charge in [-0.3, -0.25) is 9.89 Å². The van der Waals surface area contributed by atoms with E-state index in [4.69, 9.17) is 0 Å². The van der Waals surface area contributed by atoms with E-state index in [1.54, 1.807) is 0 Å². The molecule has 0 saturated heterocycles. The van der Waals surface area contributed by atoms with E-state index in [1.807, 2.05) is 23.1 Å². The first-order valence-electron chi connectivity index (χ1n) is 9.82. The van der Waals surface area contributed by atoms with Gasteiger partial charge >= 0.3 is 0 Å². The minimum absolute atomic E-state index is 0.132. The number of carbonyl (C=O) groups is 1. The van der Waals surface area contributed by atoms with Gasteiger partial charge in [0.05, 0.1) is 11.7 Å². The highest BCUT2D eigenvalue weighted by molar-refractivity contribution is 5.96. The Morgan fingerprint density at radius 3 is 2.96 bits per heavy atom. The van der Waals surface area contributed by atoms with Crippen LogP contribution in [0.25, 0.3) is 11.1 Å². The standard InChI is InChI=1S/C22H27N3O/c1-3-4-9-19-10-6-13-25(19)22(26)18-8-5-7-17(14-18)20-15(2)23-24-21(20)16-11-12-16/h5-8,10,14,16,19H,3-4,9,11-13H2,1-2H3,(H,23,24). The Morgan fingerprint density at radius 2 is 2.19 bits per heavy atom. The lowest BCUT2D eigenvalue weighted by atomic mass is 9.98. The molecular weight excluding hydrogens is 322 g/mol. The quantitative estimate of drug-likeness (QED) is 0.759. The lowest BCUT2D eigenvalue weighted by molar-refractivity contribution is 0.0743. The average Bonchev–Trinajstić information content (AvgIpc) is 3.27. The Bertz CT molecular complexity index is 832. The Kier molecular flexibility index (Phi) is 4.66. The second kappa shape index (κ2) is 7.10. The first kappa shape index (κ1) is 17.1. The van der Waals surface area contributed by atoms with E-state index in [-0.39, 0.29) is 11.9 Å². The van der Waals surface area contributed by atoms with Gasteiger partial charge in [-0.1, -0.05) is 44.1 Å². The molecule has 0 radical (unpaired) electrons. The predicted octanol–water partition coefficient (Wildman–Crippen LogP) is 4.83. The molecule has 1 aliphatic heterocycles. The van der Waals surface area contributed by atoms with E-state index in [1.165, 1.54) is 18.4 Å². The number of aryl methyl sites for hydroxylation is 1. The van der Waals surface area contributed by atoms with Crippen LogP contribution in [0.3, 0.4) is 0 Å². The third-order valence-corrected chi connectivity index (χ3v) is 5.51. The van der Waals surface area contributed by atoms with E-state index >= 15 is 0 Å². The lowest BCUT2D eigenvalue weighted by Crippen LogP contribution is -2.36. The van der Waals surface area contributed by atoms with Gasteiger partial charge in [0, 0.05) is 29.3 Å². The molecule has 1 saturated carbocycles. The van der Waals surface area contributed by atoms with Crippen LogP contribution in [-0.4, -0.2) is 33.6 Å². The van der Waals surface area contributed by atoms with Crippen LogP contribution in [0.2, 0.25) is 0 Å². The largest absolute Gasteiger partial charge is 0.328 e. The number of carbonyl (C=O) groups excluding carboxylic acids is 1. The number of H-pyrrole nitrogens is 1. The molecule has 136 valence electrons. The maximum Gasteiger partial charge on any atom is 0.254 e. The minimum Gasteiger partial charge on any atom is -0.328 e. The smallest absolute Gasteiger partial charge is 0.254 e. The van der Waals surface area contributed by atoms with E-state index in [0.29, 0.717) is 5.92 Å². The Labute approximate surface area is 155 Å². The molecule has 4 rings (SSSR count). The van der Waals surface area contributed by atoms with Crippen molar-refractivity contribution in [2.75, 3.05) is 6.54 Å². The van der Waals surface area contributed by atoms with Crippen molar-refractivity contribution in [1.29, 1.82) is 0 Å². The van der Waals surface area contributed by atoms with Gasteiger partial charge in [-0.2, -0.15) is 5.10 Å². The summed E-state index contributed by atoms with van der Waals surface area (Å²) in [7, 11) is 0.